The Balaban J connectivity index is 1.86. The molecule has 1 heterocycles. The minimum Gasteiger partial charge on any atom is -0.508 e. The van der Waals surface area contributed by atoms with E-state index in [2.05, 4.69) is 5.32 Å². The Morgan fingerprint density at radius 3 is 2.60 bits per heavy atom. The molecular weight excluding hydrogens is 322 g/mol. The molecule has 0 spiro atoms. The van der Waals surface area contributed by atoms with Crippen LogP contribution in [0.25, 0.3) is 11.0 Å². The number of nitrogens with one attached hydrogen (secondary N) is 1. The summed E-state index contributed by atoms with van der Waals surface area (Å²) in [5, 5.41) is 22.6. The third-order valence-electron chi connectivity index (χ3n) is 4.01. The molecule has 25 heavy (non-hydrogen) atoms. The Bertz CT molecular complexity index is 992. The molecular formula is C19H17NO5. The average Bonchev–Trinajstić information content (AvgIpc) is 2.57. The van der Waals surface area contributed by atoms with Crippen LogP contribution in [-0.4, -0.2) is 16.1 Å². The molecule has 0 atom stereocenters. The van der Waals surface area contributed by atoms with Gasteiger partial charge in [-0.1, -0.05) is 30.3 Å². The van der Waals surface area contributed by atoms with Crippen molar-refractivity contribution in [2.45, 2.75) is 19.9 Å². The van der Waals surface area contributed by atoms with Crippen molar-refractivity contribution < 1.29 is 19.4 Å². The van der Waals surface area contributed by atoms with Crippen LogP contribution in [0.1, 0.15) is 16.7 Å². The van der Waals surface area contributed by atoms with Gasteiger partial charge in [0.15, 0.2) is 0 Å². The van der Waals surface area contributed by atoms with Gasteiger partial charge in [0.1, 0.15) is 17.1 Å². The summed E-state index contributed by atoms with van der Waals surface area (Å²) in [7, 11) is 0. The van der Waals surface area contributed by atoms with E-state index in [4.69, 9.17) is 4.42 Å². The van der Waals surface area contributed by atoms with Gasteiger partial charge < -0.3 is 19.9 Å². The maximum Gasteiger partial charge on any atom is 0.340 e. The molecule has 128 valence electrons. The van der Waals surface area contributed by atoms with Gasteiger partial charge in [-0.3, -0.25) is 4.79 Å². The lowest BCUT2D eigenvalue weighted by atomic mass is 10.0. The first-order valence-electron chi connectivity index (χ1n) is 7.74. The van der Waals surface area contributed by atoms with E-state index in [0.717, 1.165) is 11.6 Å². The number of rotatable bonds is 4. The molecule has 0 aliphatic rings. The first-order chi connectivity index (χ1) is 12.0. The molecule has 2 aromatic carbocycles. The smallest absolute Gasteiger partial charge is 0.340 e. The minimum absolute atomic E-state index is 0.0773. The Morgan fingerprint density at radius 2 is 1.88 bits per heavy atom. The summed E-state index contributed by atoms with van der Waals surface area (Å²) >= 11 is 0. The molecule has 0 bridgehead atoms. The molecule has 0 aliphatic heterocycles. The SMILES string of the molecule is Cc1c(CC(=O)NCc2ccccc2)c(=O)oc2cc(O)cc(O)c12. The fourth-order valence-corrected chi connectivity index (χ4v) is 2.73. The molecule has 6 nitrogen and oxygen atoms in total. The zero-order chi connectivity index (χ0) is 18.0. The Hall–Kier alpha value is -3.28. The number of amides is 1. The number of phenolic OH excluding ortho intramolecular Hbond substituents is 2. The van der Waals surface area contributed by atoms with Crippen LogP contribution in [0.3, 0.4) is 0 Å². The molecule has 0 saturated heterocycles. The molecule has 3 N–H and O–H groups in total. The molecule has 1 aromatic heterocycles. The van der Waals surface area contributed by atoms with Crippen LogP contribution in [-0.2, 0) is 17.8 Å². The van der Waals surface area contributed by atoms with Crippen LogP contribution in [0.15, 0.2) is 51.7 Å². The molecule has 0 fully saturated rings. The molecule has 0 unspecified atom stereocenters. The van der Waals surface area contributed by atoms with Gasteiger partial charge in [-0.2, -0.15) is 0 Å². The van der Waals surface area contributed by atoms with E-state index in [0.29, 0.717) is 17.5 Å². The second-order valence-corrected chi connectivity index (χ2v) is 5.77. The fourth-order valence-electron chi connectivity index (χ4n) is 2.73. The van der Waals surface area contributed by atoms with Gasteiger partial charge in [0, 0.05) is 18.7 Å². The maximum atomic E-state index is 12.2. The zero-order valence-corrected chi connectivity index (χ0v) is 13.6. The van der Waals surface area contributed by atoms with Crippen molar-refractivity contribution in [3.63, 3.8) is 0 Å². The Morgan fingerprint density at radius 1 is 1.16 bits per heavy atom. The van der Waals surface area contributed by atoms with Gasteiger partial charge >= 0.3 is 5.63 Å². The predicted octanol–water partition coefficient (Wildman–Crippen LogP) is 2.37. The monoisotopic (exact) mass is 339 g/mol. The van der Waals surface area contributed by atoms with Gasteiger partial charge in [-0.15, -0.1) is 0 Å². The highest BCUT2D eigenvalue weighted by atomic mass is 16.4. The maximum absolute atomic E-state index is 12.2. The standard InChI is InChI=1S/C19H17NO5/c1-11-14(9-17(23)20-10-12-5-3-2-4-6-12)19(24)25-16-8-13(21)7-15(22)18(11)16/h2-8,21-22H,9-10H2,1H3,(H,20,23). The number of phenols is 2. The molecule has 0 radical (unpaired) electrons. The van der Waals surface area contributed by atoms with Crippen LogP contribution in [0.5, 0.6) is 11.5 Å². The van der Waals surface area contributed by atoms with Gasteiger partial charge in [0.05, 0.1) is 17.4 Å². The van der Waals surface area contributed by atoms with Crippen molar-refractivity contribution in [3.05, 3.63) is 69.6 Å². The van der Waals surface area contributed by atoms with Crippen LogP contribution < -0.4 is 10.9 Å². The van der Waals surface area contributed by atoms with Crippen molar-refractivity contribution in [1.82, 2.24) is 5.32 Å². The van der Waals surface area contributed by atoms with E-state index in [9.17, 15) is 19.8 Å². The first kappa shape index (κ1) is 16.6. The van der Waals surface area contributed by atoms with Crippen molar-refractivity contribution >= 4 is 16.9 Å². The number of aryl methyl sites for hydroxylation is 1. The van der Waals surface area contributed by atoms with Gasteiger partial charge in [0.2, 0.25) is 5.91 Å². The Kier molecular flexibility index (Phi) is 4.43. The summed E-state index contributed by atoms with van der Waals surface area (Å²) in [6, 6.07) is 11.8. The van der Waals surface area contributed by atoms with Gasteiger partial charge in [0.25, 0.3) is 0 Å². The number of fused-ring (bicyclic) bond motifs is 1. The van der Waals surface area contributed by atoms with Crippen LogP contribution in [0.4, 0.5) is 0 Å². The quantitative estimate of drug-likeness (QED) is 0.634. The molecule has 3 aromatic rings. The molecule has 3 rings (SSSR count). The minimum atomic E-state index is -0.662. The molecule has 0 saturated carbocycles. The lowest BCUT2D eigenvalue weighted by Crippen LogP contribution is -2.27. The lowest BCUT2D eigenvalue weighted by Gasteiger charge is -2.10. The number of hydrogen-bond acceptors (Lipinski definition) is 5. The van der Waals surface area contributed by atoms with E-state index in [1.54, 1.807) is 6.92 Å². The highest BCUT2D eigenvalue weighted by Crippen LogP contribution is 2.32. The third-order valence-corrected chi connectivity index (χ3v) is 4.01. The number of carbonyl (C=O) groups is 1. The summed E-state index contributed by atoms with van der Waals surface area (Å²) < 4.78 is 5.14. The largest absolute Gasteiger partial charge is 0.508 e. The summed E-state index contributed by atoms with van der Waals surface area (Å²) in [6.45, 7) is 1.99. The van der Waals surface area contributed by atoms with E-state index in [1.165, 1.54) is 6.07 Å². The summed E-state index contributed by atoms with van der Waals surface area (Å²) in [4.78, 5) is 24.3. The van der Waals surface area contributed by atoms with Crippen LogP contribution in [0, 0.1) is 6.92 Å². The van der Waals surface area contributed by atoms with Crippen molar-refractivity contribution in [1.29, 1.82) is 0 Å². The molecule has 0 aliphatic carbocycles. The summed E-state index contributed by atoms with van der Waals surface area (Å²) in [5.74, 6) is -0.736. The van der Waals surface area contributed by atoms with E-state index < -0.39 is 5.63 Å². The predicted molar refractivity (Wildman–Crippen MR) is 92.5 cm³/mol. The summed E-state index contributed by atoms with van der Waals surface area (Å²) in [6.07, 6.45) is -0.155. The van der Waals surface area contributed by atoms with Crippen molar-refractivity contribution in [3.8, 4) is 11.5 Å². The second-order valence-electron chi connectivity index (χ2n) is 5.77. The number of aromatic hydroxyl groups is 2. The number of benzene rings is 2. The average molecular weight is 339 g/mol. The van der Waals surface area contributed by atoms with Crippen LogP contribution in [0.2, 0.25) is 0 Å². The molecule has 6 heteroatoms. The zero-order valence-electron chi connectivity index (χ0n) is 13.6. The van der Waals surface area contributed by atoms with E-state index >= 15 is 0 Å². The number of hydrogen-bond donors (Lipinski definition) is 3. The fraction of sp³-hybridized carbons (Fsp3) is 0.158. The van der Waals surface area contributed by atoms with Crippen molar-refractivity contribution in [2.24, 2.45) is 0 Å². The van der Waals surface area contributed by atoms with Crippen molar-refractivity contribution in [2.75, 3.05) is 0 Å². The van der Waals surface area contributed by atoms with Gasteiger partial charge in [-0.05, 0) is 18.1 Å². The second kappa shape index (κ2) is 6.68. The Labute approximate surface area is 143 Å². The first-order valence-corrected chi connectivity index (χ1v) is 7.74. The van der Waals surface area contributed by atoms with E-state index in [1.807, 2.05) is 30.3 Å². The highest BCUT2D eigenvalue weighted by molar-refractivity contribution is 5.89. The summed E-state index contributed by atoms with van der Waals surface area (Å²) in [5.41, 5.74) is 1.00. The highest BCUT2D eigenvalue weighted by Gasteiger charge is 2.17. The third kappa shape index (κ3) is 3.47. The molecule has 1 amide bonds. The normalized spacial score (nSPS) is 10.8. The van der Waals surface area contributed by atoms with Gasteiger partial charge in [-0.25, -0.2) is 4.79 Å². The van der Waals surface area contributed by atoms with Crippen LogP contribution >= 0.6 is 0 Å². The topological polar surface area (TPSA) is 99.8 Å². The van der Waals surface area contributed by atoms with E-state index in [-0.39, 0.29) is 35.0 Å². The lowest BCUT2D eigenvalue weighted by molar-refractivity contribution is -0.120. The number of carbonyl (C=O) groups excluding carboxylic acids is 1.